The molecule has 0 aliphatic carbocycles. The number of nitrogen functional groups attached to an aromatic ring is 1. The number of aliphatic hydroxyl groups excluding tert-OH is 1. The molecule has 0 bridgehead atoms. The van der Waals surface area contributed by atoms with Gasteiger partial charge in [-0.2, -0.15) is 0 Å². The Morgan fingerprint density at radius 2 is 2.27 bits per heavy atom. The number of nitrogens with one attached hydrogen (secondary N) is 1. The van der Waals surface area contributed by atoms with Crippen LogP contribution in [-0.4, -0.2) is 24.9 Å². The van der Waals surface area contributed by atoms with Gasteiger partial charge in [0.15, 0.2) is 0 Å². The van der Waals surface area contributed by atoms with E-state index in [9.17, 15) is 0 Å². The quantitative estimate of drug-likeness (QED) is 0.622. The lowest BCUT2D eigenvalue weighted by atomic mass is 10.2. The third kappa shape index (κ3) is 3.67. The fraction of sp³-hybridized carbons (Fsp3) is 0.455. The van der Waals surface area contributed by atoms with Crippen LogP contribution in [-0.2, 0) is 0 Å². The van der Waals surface area contributed by atoms with Crippen LogP contribution >= 0.6 is 0 Å². The van der Waals surface area contributed by atoms with Gasteiger partial charge in [-0.25, -0.2) is 0 Å². The van der Waals surface area contributed by atoms with Crippen LogP contribution in [0.15, 0.2) is 18.2 Å². The molecule has 0 fully saturated rings. The minimum Gasteiger partial charge on any atom is -0.491 e. The minimum atomic E-state index is 0.107. The second-order valence-electron chi connectivity index (χ2n) is 3.25. The van der Waals surface area contributed by atoms with Crippen LogP contribution < -0.4 is 15.8 Å². The molecular formula is C11H18N2O2. The third-order valence-corrected chi connectivity index (χ3v) is 1.92. The largest absolute Gasteiger partial charge is 0.491 e. The molecule has 0 heterocycles. The van der Waals surface area contributed by atoms with Crippen molar-refractivity contribution in [3.05, 3.63) is 18.2 Å². The summed E-state index contributed by atoms with van der Waals surface area (Å²) >= 11 is 0. The molecule has 1 aromatic carbocycles. The molecule has 0 saturated carbocycles. The zero-order valence-corrected chi connectivity index (χ0v) is 8.99. The van der Waals surface area contributed by atoms with E-state index in [1.54, 1.807) is 6.07 Å². The van der Waals surface area contributed by atoms with E-state index in [4.69, 9.17) is 15.6 Å². The molecule has 0 aromatic heterocycles. The van der Waals surface area contributed by atoms with Gasteiger partial charge in [0.1, 0.15) is 5.75 Å². The smallest absolute Gasteiger partial charge is 0.144 e. The molecule has 0 spiro atoms. The normalized spacial score (nSPS) is 10.0. The first kappa shape index (κ1) is 11.7. The number of benzene rings is 1. The van der Waals surface area contributed by atoms with Crippen molar-refractivity contribution in [3.63, 3.8) is 0 Å². The van der Waals surface area contributed by atoms with E-state index in [0.29, 0.717) is 24.6 Å². The summed E-state index contributed by atoms with van der Waals surface area (Å²) in [7, 11) is 0. The van der Waals surface area contributed by atoms with Gasteiger partial charge in [0.2, 0.25) is 0 Å². The molecule has 15 heavy (non-hydrogen) atoms. The first-order valence-electron chi connectivity index (χ1n) is 5.15. The summed E-state index contributed by atoms with van der Waals surface area (Å²) in [6, 6.07) is 5.51. The SMILES string of the molecule is CCCOc1cc(NCCO)ccc1N. The Morgan fingerprint density at radius 1 is 1.47 bits per heavy atom. The number of rotatable bonds is 6. The van der Waals surface area contributed by atoms with E-state index < -0.39 is 0 Å². The topological polar surface area (TPSA) is 67.5 Å². The lowest BCUT2D eigenvalue weighted by Gasteiger charge is -2.10. The van der Waals surface area contributed by atoms with E-state index in [-0.39, 0.29) is 6.61 Å². The molecular weight excluding hydrogens is 192 g/mol. The Bertz CT molecular complexity index is 303. The molecule has 0 atom stereocenters. The molecule has 4 N–H and O–H groups in total. The number of ether oxygens (including phenoxy) is 1. The summed E-state index contributed by atoms with van der Waals surface area (Å²) in [6.45, 7) is 3.34. The molecule has 0 radical (unpaired) electrons. The maximum atomic E-state index is 8.67. The highest BCUT2D eigenvalue weighted by Gasteiger charge is 2.01. The summed E-state index contributed by atoms with van der Waals surface area (Å²) in [5, 5.41) is 11.7. The van der Waals surface area contributed by atoms with E-state index >= 15 is 0 Å². The fourth-order valence-electron chi connectivity index (χ4n) is 1.18. The number of aliphatic hydroxyl groups is 1. The molecule has 0 saturated heterocycles. The molecule has 1 rings (SSSR count). The maximum absolute atomic E-state index is 8.67. The van der Waals surface area contributed by atoms with Gasteiger partial charge < -0.3 is 20.9 Å². The number of hydrogen-bond acceptors (Lipinski definition) is 4. The van der Waals surface area contributed by atoms with Crippen molar-refractivity contribution in [2.45, 2.75) is 13.3 Å². The number of nitrogens with two attached hydrogens (primary N) is 1. The second kappa shape index (κ2) is 6.14. The van der Waals surface area contributed by atoms with Crippen LogP contribution in [0.3, 0.4) is 0 Å². The van der Waals surface area contributed by atoms with E-state index in [2.05, 4.69) is 5.32 Å². The van der Waals surface area contributed by atoms with Gasteiger partial charge >= 0.3 is 0 Å². The van der Waals surface area contributed by atoms with Gasteiger partial charge in [-0.3, -0.25) is 0 Å². The molecule has 4 nitrogen and oxygen atoms in total. The summed E-state index contributed by atoms with van der Waals surface area (Å²) in [4.78, 5) is 0. The van der Waals surface area contributed by atoms with Gasteiger partial charge in [0.05, 0.1) is 18.9 Å². The third-order valence-electron chi connectivity index (χ3n) is 1.92. The fourth-order valence-corrected chi connectivity index (χ4v) is 1.18. The van der Waals surface area contributed by atoms with Gasteiger partial charge in [0, 0.05) is 18.3 Å². The Labute approximate surface area is 90.1 Å². The predicted octanol–water partition coefficient (Wildman–Crippen LogP) is 1.46. The van der Waals surface area contributed by atoms with E-state index in [1.165, 1.54) is 0 Å². The van der Waals surface area contributed by atoms with Crippen molar-refractivity contribution in [1.29, 1.82) is 0 Å². The average molecular weight is 210 g/mol. The van der Waals surface area contributed by atoms with Crippen molar-refractivity contribution in [1.82, 2.24) is 0 Å². The molecule has 4 heteroatoms. The molecule has 0 amide bonds. The minimum absolute atomic E-state index is 0.107. The van der Waals surface area contributed by atoms with Gasteiger partial charge in [0.25, 0.3) is 0 Å². The Morgan fingerprint density at radius 3 is 2.93 bits per heavy atom. The highest BCUT2D eigenvalue weighted by Crippen LogP contribution is 2.25. The molecule has 0 aliphatic heterocycles. The average Bonchev–Trinajstić information content (AvgIpc) is 2.26. The zero-order valence-electron chi connectivity index (χ0n) is 8.99. The first-order valence-corrected chi connectivity index (χ1v) is 5.15. The number of anilines is 2. The standard InChI is InChI=1S/C11H18N2O2/c1-2-7-15-11-8-9(13-5-6-14)3-4-10(11)12/h3-4,8,13-14H,2,5-7,12H2,1H3. The Balaban J connectivity index is 2.66. The predicted molar refractivity (Wildman–Crippen MR) is 62.2 cm³/mol. The molecule has 84 valence electrons. The van der Waals surface area contributed by atoms with Crippen LogP contribution in [0.4, 0.5) is 11.4 Å². The van der Waals surface area contributed by atoms with E-state index in [0.717, 1.165) is 12.1 Å². The van der Waals surface area contributed by atoms with Crippen LogP contribution in [0, 0.1) is 0 Å². The molecule has 1 aromatic rings. The van der Waals surface area contributed by atoms with Gasteiger partial charge in [-0.1, -0.05) is 6.92 Å². The number of hydrogen-bond donors (Lipinski definition) is 3. The van der Waals surface area contributed by atoms with Crippen LogP contribution in [0.1, 0.15) is 13.3 Å². The zero-order chi connectivity index (χ0) is 11.1. The summed E-state index contributed by atoms with van der Waals surface area (Å²) in [6.07, 6.45) is 0.952. The Hall–Kier alpha value is -1.42. The highest BCUT2D eigenvalue weighted by molar-refractivity contribution is 5.61. The molecule has 0 unspecified atom stereocenters. The van der Waals surface area contributed by atoms with Gasteiger partial charge in [-0.15, -0.1) is 0 Å². The summed E-state index contributed by atoms with van der Waals surface area (Å²) in [5.74, 6) is 0.694. The van der Waals surface area contributed by atoms with E-state index in [1.807, 2.05) is 19.1 Å². The highest BCUT2D eigenvalue weighted by atomic mass is 16.5. The van der Waals surface area contributed by atoms with Crippen molar-refractivity contribution >= 4 is 11.4 Å². The molecule has 0 aliphatic rings. The van der Waals surface area contributed by atoms with Crippen molar-refractivity contribution in [2.75, 3.05) is 30.8 Å². The Kier molecular flexibility index (Phi) is 4.77. The van der Waals surface area contributed by atoms with Gasteiger partial charge in [-0.05, 0) is 18.6 Å². The van der Waals surface area contributed by atoms with Crippen molar-refractivity contribution in [2.24, 2.45) is 0 Å². The summed E-state index contributed by atoms with van der Waals surface area (Å²) in [5.41, 5.74) is 7.30. The first-order chi connectivity index (χ1) is 7.27. The lowest BCUT2D eigenvalue weighted by Crippen LogP contribution is -2.06. The summed E-state index contributed by atoms with van der Waals surface area (Å²) < 4.78 is 5.48. The van der Waals surface area contributed by atoms with Crippen LogP contribution in [0.25, 0.3) is 0 Å². The lowest BCUT2D eigenvalue weighted by molar-refractivity contribution is 0.310. The maximum Gasteiger partial charge on any atom is 0.144 e. The monoisotopic (exact) mass is 210 g/mol. The van der Waals surface area contributed by atoms with Crippen molar-refractivity contribution < 1.29 is 9.84 Å². The van der Waals surface area contributed by atoms with Crippen molar-refractivity contribution in [3.8, 4) is 5.75 Å². The van der Waals surface area contributed by atoms with Crippen LogP contribution in [0.5, 0.6) is 5.75 Å². The van der Waals surface area contributed by atoms with Crippen LogP contribution in [0.2, 0.25) is 0 Å². The second-order valence-corrected chi connectivity index (χ2v) is 3.25.